The van der Waals surface area contributed by atoms with E-state index in [1.807, 2.05) is 6.92 Å². The number of hydrogen-bond acceptors (Lipinski definition) is 5. The predicted octanol–water partition coefficient (Wildman–Crippen LogP) is -0.925. The normalized spacial score (nSPS) is 36.7. The highest BCUT2D eigenvalue weighted by Crippen LogP contribution is 2.24. The first-order valence-corrected chi connectivity index (χ1v) is 5.07. The van der Waals surface area contributed by atoms with Gasteiger partial charge in [0.2, 0.25) is 0 Å². The third kappa shape index (κ3) is 1.83. The molecule has 5 nitrogen and oxygen atoms in total. The van der Waals surface area contributed by atoms with Gasteiger partial charge < -0.3 is 20.5 Å². The quantitative estimate of drug-likeness (QED) is 0.538. The molecule has 0 spiro atoms. The molecule has 2 atom stereocenters. The van der Waals surface area contributed by atoms with E-state index in [0.717, 1.165) is 19.0 Å². The number of nitrogens with one attached hydrogen (secondary N) is 2. The summed E-state index contributed by atoms with van der Waals surface area (Å²) < 4.78 is 5.33. The van der Waals surface area contributed by atoms with Crippen molar-refractivity contribution in [1.29, 1.82) is 0 Å². The molecular weight excluding hydrogens is 182 g/mol. The molecule has 2 aliphatic rings. The van der Waals surface area contributed by atoms with Gasteiger partial charge in [0, 0.05) is 26.1 Å². The molecule has 14 heavy (non-hydrogen) atoms. The van der Waals surface area contributed by atoms with Crippen LogP contribution in [0.4, 0.5) is 0 Å². The minimum atomic E-state index is -0.743. The first kappa shape index (κ1) is 9.73. The Morgan fingerprint density at radius 1 is 1.79 bits per heavy atom. The molecule has 0 saturated carbocycles. The minimum absolute atomic E-state index is 0.1000. The highest BCUT2D eigenvalue weighted by atomic mass is 16.5. The van der Waals surface area contributed by atoms with E-state index < -0.39 is 5.60 Å². The predicted molar refractivity (Wildman–Crippen MR) is 53.3 cm³/mol. The van der Waals surface area contributed by atoms with E-state index >= 15 is 0 Å². The topological polar surface area (TPSA) is 65.9 Å². The number of ether oxygens (including phenoxy) is 1. The van der Waals surface area contributed by atoms with E-state index in [9.17, 15) is 5.11 Å². The van der Waals surface area contributed by atoms with E-state index in [-0.39, 0.29) is 6.10 Å². The Hall–Kier alpha value is -0.810. The van der Waals surface area contributed by atoms with Gasteiger partial charge in [0.05, 0.1) is 12.6 Å². The summed E-state index contributed by atoms with van der Waals surface area (Å²) in [6.45, 7) is 4.73. The first-order valence-electron chi connectivity index (χ1n) is 5.07. The third-order valence-corrected chi connectivity index (χ3v) is 2.90. The number of aliphatic imine (C=N–C) groups is 1. The SMILES string of the molecule is CC1OCCC1(O)CNC1=NCCN1. The summed E-state index contributed by atoms with van der Waals surface area (Å²) in [6.07, 6.45) is 0.589. The maximum Gasteiger partial charge on any atom is 0.191 e. The van der Waals surface area contributed by atoms with Crippen LogP contribution in [-0.2, 0) is 4.74 Å². The van der Waals surface area contributed by atoms with Gasteiger partial charge in [-0.05, 0) is 6.92 Å². The van der Waals surface area contributed by atoms with Crippen molar-refractivity contribution in [2.75, 3.05) is 26.2 Å². The van der Waals surface area contributed by atoms with E-state index in [1.165, 1.54) is 0 Å². The molecule has 2 unspecified atom stereocenters. The Morgan fingerprint density at radius 3 is 3.21 bits per heavy atom. The molecule has 0 aromatic carbocycles. The molecule has 80 valence electrons. The van der Waals surface area contributed by atoms with Crippen LogP contribution in [0.15, 0.2) is 4.99 Å². The zero-order chi connectivity index (χ0) is 10.0. The Balaban J connectivity index is 1.84. The van der Waals surface area contributed by atoms with Gasteiger partial charge in [0.25, 0.3) is 0 Å². The van der Waals surface area contributed by atoms with E-state index in [4.69, 9.17) is 4.74 Å². The molecule has 2 aliphatic heterocycles. The van der Waals surface area contributed by atoms with Gasteiger partial charge in [-0.25, -0.2) is 0 Å². The summed E-state index contributed by atoms with van der Waals surface area (Å²) in [5.41, 5.74) is -0.743. The van der Waals surface area contributed by atoms with Crippen LogP contribution in [0.2, 0.25) is 0 Å². The molecule has 0 aliphatic carbocycles. The van der Waals surface area contributed by atoms with Crippen molar-refractivity contribution >= 4 is 5.96 Å². The van der Waals surface area contributed by atoms with Gasteiger partial charge in [0.1, 0.15) is 5.60 Å². The average Bonchev–Trinajstić information content (AvgIpc) is 2.75. The fourth-order valence-electron chi connectivity index (χ4n) is 1.76. The second-order valence-corrected chi connectivity index (χ2v) is 3.88. The Bertz CT molecular complexity index is 244. The van der Waals surface area contributed by atoms with Crippen LogP contribution < -0.4 is 10.6 Å². The van der Waals surface area contributed by atoms with Gasteiger partial charge in [0.15, 0.2) is 5.96 Å². The molecule has 1 fully saturated rings. The van der Waals surface area contributed by atoms with Crippen molar-refractivity contribution in [2.45, 2.75) is 25.0 Å². The number of guanidine groups is 1. The molecular formula is C9H17N3O2. The number of nitrogens with zero attached hydrogens (tertiary/aromatic N) is 1. The fourth-order valence-corrected chi connectivity index (χ4v) is 1.76. The minimum Gasteiger partial charge on any atom is -0.385 e. The number of aliphatic hydroxyl groups is 1. The fraction of sp³-hybridized carbons (Fsp3) is 0.889. The Labute approximate surface area is 83.5 Å². The summed E-state index contributed by atoms with van der Waals surface area (Å²) in [7, 11) is 0. The van der Waals surface area contributed by atoms with Crippen molar-refractivity contribution in [3.8, 4) is 0 Å². The van der Waals surface area contributed by atoms with Crippen LogP contribution >= 0.6 is 0 Å². The lowest BCUT2D eigenvalue weighted by Crippen LogP contribution is -2.49. The molecule has 5 heteroatoms. The smallest absolute Gasteiger partial charge is 0.191 e. The molecule has 3 N–H and O–H groups in total. The summed E-state index contributed by atoms with van der Waals surface area (Å²) in [5.74, 6) is 0.789. The molecule has 2 heterocycles. The standard InChI is InChI=1S/C9H17N3O2/c1-7-9(13,2-5-14-7)6-12-8-10-3-4-11-8/h7,13H,2-6H2,1H3,(H2,10,11,12). The van der Waals surface area contributed by atoms with Gasteiger partial charge in [-0.1, -0.05) is 0 Å². The van der Waals surface area contributed by atoms with Crippen LogP contribution in [0.3, 0.4) is 0 Å². The van der Waals surface area contributed by atoms with Crippen LogP contribution in [0.5, 0.6) is 0 Å². The zero-order valence-electron chi connectivity index (χ0n) is 8.42. The first-order chi connectivity index (χ1) is 6.71. The monoisotopic (exact) mass is 199 g/mol. The lowest BCUT2D eigenvalue weighted by Gasteiger charge is -2.26. The maximum atomic E-state index is 10.1. The van der Waals surface area contributed by atoms with E-state index in [0.29, 0.717) is 19.6 Å². The van der Waals surface area contributed by atoms with Crippen molar-refractivity contribution in [3.05, 3.63) is 0 Å². The second kappa shape index (κ2) is 3.74. The summed E-state index contributed by atoms with van der Waals surface area (Å²) in [4.78, 5) is 4.20. The zero-order valence-corrected chi connectivity index (χ0v) is 8.42. The van der Waals surface area contributed by atoms with Crippen molar-refractivity contribution in [3.63, 3.8) is 0 Å². The van der Waals surface area contributed by atoms with Crippen LogP contribution in [0.1, 0.15) is 13.3 Å². The highest BCUT2D eigenvalue weighted by Gasteiger charge is 2.39. The summed E-state index contributed by atoms with van der Waals surface area (Å²) in [5, 5.41) is 16.4. The maximum absolute atomic E-state index is 10.1. The molecule has 0 aromatic rings. The van der Waals surface area contributed by atoms with E-state index in [1.54, 1.807) is 0 Å². The van der Waals surface area contributed by atoms with Crippen LogP contribution in [0, 0.1) is 0 Å². The molecule has 0 amide bonds. The molecule has 1 saturated heterocycles. The lowest BCUT2D eigenvalue weighted by molar-refractivity contribution is -0.0234. The lowest BCUT2D eigenvalue weighted by atomic mass is 9.97. The molecule has 0 aromatic heterocycles. The van der Waals surface area contributed by atoms with Crippen molar-refractivity contribution in [1.82, 2.24) is 10.6 Å². The largest absolute Gasteiger partial charge is 0.385 e. The molecule has 2 rings (SSSR count). The summed E-state index contributed by atoms with van der Waals surface area (Å²) >= 11 is 0. The van der Waals surface area contributed by atoms with Gasteiger partial charge in [-0.3, -0.25) is 4.99 Å². The average molecular weight is 199 g/mol. The van der Waals surface area contributed by atoms with E-state index in [2.05, 4.69) is 15.6 Å². The van der Waals surface area contributed by atoms with Crippen LogP contribution in [-0.4, -0.2) is 49.0 Å². The van der Waals surface area contributed by atoms with Gasteiger partial charge in [-0.15, -0.1) is 0 Å². The number of hydrogen-bond donors (Lipinski definition) is 3. The highest BCUT2D eigenvalue weighted by molar-refractivity contribution is 5.81. The van der Waals surface area contributed by atoms with Gasteiger partial charge >= 0.3 is 0 Å². The van der Waals surface area contributed by atoms with Gasteiger partial charge in [-0.2, -0.15) is 0 Å². The summed E-state index contributed by atoms with van der Waals surface area (Å²) in [6, 6.07) is 0. The third-order valence-electron chi connectivity index (χ3n) is 2.90. The number of rotatable bonds is 2. The Morgan fingerprint density at radius 2 is 2.64 bits per heavy atom. The van der Waals surface area contributed by atoms with Crippen molar-refractivity contribution < 1.29 is 9.84 Å². The molecule has 0 bridgehead atoms. The van der Waals surface area contributed by atoms with Crippen molar-refractivity contribution in [2.24, 2.45) is 4.99 Å². The Kier molecular flexibility index (Phi) is 2.60. The molecule has 0 radical (unpaired) electrons. The second-order valence-electron chi connectivity index (χ2n) is 3.88. The van der Waals surface area contributed by atoms with Crippen LogP contribution in [0.25, 0.3) is 0 Å².